The number of unbranched alkanes of at least 4 members (excludes halogenated alkanes) is 4. The van der Waals surface area contributed by atoms with E-state index in [0.717, 1.165) is 29.3 Å². The third kappa shape index (κ3) is 3.71. The Kier molecular flexibility index (Phi) is 5.42. The minimum atomic E-state index is -0.267. The molecule has 1 N–H and O–H groups in total. The van der Waals surface area contributed by atoms with E-state index in [2.05, 4.69) is 31.0 Å². The number of esters is 1. The number of H-pyrrole nitrogens is 1. The molecular weight excluding hydrogens is 310 g/mol. The maximum atomic E-state index is 11.5. The summed E-state index contributed by atoms with van der Waals surface area (Å²) in [5.74, 6) is 0.421. The van der Waals surface area contributed by atoms with E-state index in [9.17, 15) is 4.79 Å². The van der Waals surface area contributed by atoms with Crippen molar-refractivity contribution in [2.24, 2.45) is 0 Å². The van der Waals surface area contributed by atoms with Crippen LogP contribution in [0.15, 0.2) is 30.3 Å². The van der Waals surface area contributed by atoms with Crippen molar-refractivity contribution in [1.82, 2.24) is 4.98 Å². The lowest BCUT2D eigenvalue weighted by Gasteiger charge is -2.13. The fourth-order valence-electron chi connectivity index (χ4n) is 3.61. The molecule has 132 valence electrons. The average molecular weight is 337 g/mol. The second-order valence-corrected chi connectivity index (χ2v) is 6.83. The highest BCUT2D eigenvalue weighted by Crippen LogP contribution is 2.36. The summed E-state index contributed by atoms with van der Waals surface area (Å²) in [5, 5.41) is 2.32. The quantitative estimate of drug-likeness (QED) is 0.323. The summed E-state index contributed by atoms with van der Waals surface area (Å²) in [4.78, 5) is 15.1. The van der Waals surface area contributed by atoms with Gasteiger partial charge < -0.3 is 9.72 Å². The molecule has 0 aliphatic heterocycles. The van der Waals surface area contributed by atoms with Gasteiger partial charge in [-0.2, -0.15) is 0 Å². The number of nitrogens with one attached hydrogen (secondary N) is 1. The fourth-order valence-corrected chi connectivity index (χ4v) is 3.61. The number of hydrogen-bond donors (Lipinski definition) is 1. The Balaban J connectivity index is 2.04. The third-order valence-electron chi connectivity index (χ3n) is 4.93. The zero-order valence-corrected chi connectivity index (χ0v) is 15.4. The standard InChI is InChI=1S/C22H27NO2/c1-4-5-6-7-8-11-17-15(2)21(25-16(3)24)14-19-18-12-9-10-13-20(18)23-22(17)19/h9-10,12-14,23H,4-8,11H2,1-3H3. The number of aryl methyl sites for hydroxylation is 1. The predicted octanol–water partition coefficient (Wildman–Crippen LogP) is 6.07. The minimum absolute atomic E-state index is 0.267. The van der Waals surface area contributed by atoms with Crippen LogP contribution < -0.4 is 4.74 Å². The summed E-state index contributed by atoms with van der Waals surface area (Å²) in [7, 11) is 0. The van der Waals surface area contributed by atoms with Crippen molar-refractivity contribution in [2.45, 2.75) is 59.3 Å². The second-order valence-electron chi connectivity index (χ2n) is 6.83. The Morgan fingerprint density at radius 3 is 2.60 bits per heavy atom. The Morgan fingerprint density at radius 1 is 1.08 bits per heavy atom. The number of carbonyl (C=O) groups excluding carboxylic acids is 1. The summed E-state index contributed by atoms with van der Waals surface area (Å²) in [6, 6.07) is 10.3. The van der Waals surface area contributed by atoms with Gasteiger partial charge in [-0.05, 0) is 43.0 Å². The molecule has 3 nitrogen and oxygen atoms in total. The maximum absolute atomic E-state index is 11.5. The van der Waals surface area contributed by atoms with Crippen LogP contribution in [-0.4, -0.2) is 11.0 Å². The van der Waals surface area contributed by atoms with E-state index >= 15 is 0 Å². The predicted molar refractivity (Wildman–Crippen MR) is 104 cm³/mol. The SMILES string of the molecule is CCCCCCCc1c(C)c(OC(C)=O)cc2c1[nH]c1ccccc12. The number of hydrogen-bond acceptors (Lipinski definition) is 2. The highest BCUT2D eigenvalue weighted by Gasteiger charge is 2.16. The van der Waals surface area contributed by atoms with E-state index in [-0.39, 0.29) is 5.97 Å². The van der Waals surface area contributed by atoms with Crippen molar-refractivity contribution in [3.8, 4) is 5.75 Å². The summed E-state index contributed by atoms with van der Waals surface area (Å²) in [6.07, 6.45) is 7.26. The van der Waals surface area contributed by atoms with Gasteiger partial charge in [-0.25, -0.2) is 0 Å². The van der Waals surface area contributed by atoms with Gasteiger partial charge in [-0.1, -0.05) is 50.8 Å². The first-order valence-corrected chi connectivity index (χ1v) is 9.33. The largest absolute Gasteiger partial charge is 0.426 e. The van der Waals surface area contributed by atoms with E-state index in [0.29, 0.717) is 5.75 Å². The molecule has 2 aromatic carbocycles. The van der Waals surface area contributed by atoms with E-state index in [4.69, 9.17) is 4.74 Å². The number of aromatic nitrogens is 1. The van der Waals surface area contributed by atoms with Crippen LogP contribution in [0.4, 0.5) is 0 Å². The molecule has 0 bridgehead atoms. The van der Waals surface area contributed by atoms with Gasteiger partial charge in [0.2, 0.25) is 0 Å². The molecule has 0 atom stereocenters. The lowest BCUT2D eigenvalue weighted by molar-refractivity contribution is -0.131. The van der Waals surface area contributed by atoms with Gasteiger partial charge >= 0.3 is 5.97 Å². The molecular formula is C22H27NO2. The van der Waals surface area contributed by atoms with Crippen LogP contribution >= 0.6 is 0 Å². The molecule has 1 heterocycles. The lowest BCUT2D eigenvalue weighted by atomic mass is 9.97. The molecule has 0 spiro atoms. The van der Waals surface area contributed by atoms with Gasteiger partial charge in [0.15, 0.2) is 0 Å². The van der Waals surface area contributed by atoms with Crippen LogP contribution in [0.5, 0.6) is 5.75 Å². The van der Waals surface area contributed by atoms with Crippen molar-refractivity contribution in [3.05, 3.63) is 41.5 Å². The van der Waals surface area contributed by atoms with E-state index in [1.165, 1.54) is 49.1 Å². The Labute approximate surface area is 149 Å². The monoisotopic (exact) mass is 337 g/mol. The second kappa shape index (κ2) is 7.73. The van der Waals surface area contributed by atoms with E-state index in [1.54, 1.807) is 0 Å². The molecule has 3 aromatic rings. The molecule has 3 rings (SSSR count). The maximum Gasteiger partial charge on any atom is 0.308 e. The molecule has 1 aromatic heterocycles. The number of aromatic amines is 1. The first-order valence-electron chi connectivity index (χ1n) is 9.33. The molecule has 0 aliphatic rings. The van der Waals surface area contributed by atoms with Gasteiger partial charge in [0.1, 0.15) is 5.75 Å². The molecule has 0 radical (unpaired) electrons. The van der Waals surface area contributed by atoms with Crippen LogP contribution in [0.3, 0.4) is 0 Å². The van der Waals surface area contributed by atoms with Crippen molar-refractivity contribution in [1.29, 1.82) is 0 Å². The average Bonchev–Trinajstić information content (AvgIpc) is 2.95. The smallest absolute Gasteiger partial charge is 0.308 e. The molecule has 0 fully saturated rings. The molecule has 25 heavy (non-hydrogen) atoms. The van der Waals surface area contributed by atoms with Crippen molar-refractivity contribution in [2.75, 3.05) is 0 Å². The van der Waals surface area contributed by atoms with Crippen molar-refractivity contribution < 1.29 is 9.53 Å². The van der Waals surface area contributed by atoms with Crippen LogP contribution in [0.1, 0.15) is 57.1 Å². The number of benzene rings is 2. The molecule has 0 saturated carbocycles. The number of fused-ring (bicyclic) bond motifs is 3. The fraction of sp³-hybridized carbons (Fsp3) is 0.409. The summed E-state index contributed by atoms with van der Waals surface area (Å²) < 4.78 is 5.50. The number of para-hydroxylation sites is 1. The molecule has 0 aliphatic carbocycles. The van der Waals surface area contributed by atoms with Gasteiger partial charge in [0.25, 0.3) is 0 Å². The summed E-state index contributed by atoms with van der Waals surface area (Å²) >= 11 is 0. The van der Waals surface area contributed by atoms with E-state index in [1.807, 2.05) is 18.2 Å². The molecule has 0 saturated heterocycles. The Bertz CT molecular complexity index is 892. The normalized spacial score (nSPS) is 11.3. The summed E-state index contributed by atoms with van der Waals surface area (Å²) in [6.45, 7) is 5.76. The van der Waals surface area contributed by atoms with E-state index < -0.39 is 0 Å². The number of ether oxygens (including phenoxy) is 1. The lowest BCUT2D eigenvalue weighted by Crippen LogP contribution is -2.05. The Morgan fingerprint density at radius 2 is 1.84 bits per heavy atom. The minimum Gasteiger partial charge on any atom is -0.426 e. The van der Waals surface area contributed by atoms with Crippen molar-refractivity contribution in [3.63, 3.8) is 0 Å². The Hall–Kier alpha value is -2.29. The van der Waals surface area contributed by atoms with Gasteiger partial charge in [0.05, 0.1) is 5.52 Å². The first-order chi connectivity index (χ1) is 12.1. The van der Waals surface area contributed by atoms with Crippen LogP contribution in [0.2, 0.25) is 0 Å². The zero-order valence-electron chi connectivity index (χ0n) is 15.4. The van der Waals surface area contributed by atoms with Gasteiger partial charge in [0, 0.05) is 23.2 Å². The van der Waals surface area contributed by atoms with Gasteiger partial charge in [-0.15, -0.1) is 0 Å². The molecule has 0 unspecified atom stereocenters. The highest BCUT2D eigenvalue weighted by atomic mass is 16.5. The molecule has 0 amide bonds. The van der Waals surface area contributed by atoms with Gasteiger partial charge in [-0.3, -0.25) is 4.79 Å². The van der Waals surface area contributed by atoms with Crippen LogP contribution in [-0.2, 0) is 11.2 Å². The number of rotatable bonds is 7. The summed E-state index contributed by atoms with van der Waals surface area (Å²) in [5.41, 5.74) is 4.67. The first kappa shape index (κ1) is 17.5. The van der Waals surface area contributed by atoms with Crippen LogP contribution in [0, 0.1) is 6.92 Å². The number of carbonyl (C=O) groups is 1. The van der Waals surface area contributed by atoms with Crippen molar-refractivity contribution >= 4 is 27.8 Å². The molecule has 3 heteroatoms. The topological polar surface area (TPSA) is 42.1 Å². The third-order valence-corrected chi connectivity index (χ3v) is 4.93. The highest BCUT2D eigenvalue weighted by molar-refractivity contribution is 6.09. The zero-order chi connectivity index (χ0) is 17.8. The van der Waals surface area contributed by atoms with Crippen LogP contribution in [0.25, 0.3) is 21.8 Å².